The molecule has 0 aliphatic heterocycles. The second kappa shape index (κ2) is 5.35. The van der Waals surface area contributed by atoms with Crippen LogP contribution in [0.4, 0.5) is 0 Å². The van der Waals surface area contributed by atoms with Crippen LogP contribution < -0.4 is 4.74 Å². The van der Waals surface area contributed by atoms with Crippen molar-refractivity contribution in [3.05, 3.63) is 29.3 Å². The normalized spacial score (nSPS) is 11.6. The summed E-state index contributed by atoms with van der Waals surface area (Å²) in [6, 6.07) is 6.31. The third-order valence-electron chi connectivity index (χ3n) is 2.51. The maximum atomic E-state index is 8.75. The summed E-state index contributed by atoms with van der Waals surface area (Å²) in [5, 5.41) is 8.75. The van der Waals surface area contributed by atoms with Gasteiger partial charge >= 0.3 is 0 Å². The fourth-order valence-corrected chi connectivity index (χ4v) is 1.62. The third kappa shape index (κ3) is 3.53. The Bertz CT molecular complexity index is 337. The zero-order valence-electron chi connectivity index (χ0n) is 10.7. The first-order valence-corrected chi connectivity index (χ1v) is 5.80. The van der Waals surface area contributed by atoms with Crippen LogP contribution in [0.1, 0.15) is 38.3 Å². The van der Waals surface area contributed by atoms with Gasteiger partial charge in [0.1, 0.15) is 5.75 Å². The average molecular weight is 222 g/mol. The van der Waals surface area contributed by atoms with Crippen LogP contribution in [0.2, 0.25) is 0 Å². The van der Waals surface area contributed by atoms with Gasteiger partial charge in [-0.05, 0) is 29.5 Å². The van der Waals surface area contributed by atoms with Gasteiger partial charge in [-0.15, -0.1) is 0 Å². The number of hydrogen-bond donors (Lipinski definition) is 1. The zero-order valence-corrected chi connectivity index (χ0v) is 10.7. The minimum Gasteiger partial charge on any atom is -0.493 e. The van der Waals surface area contributed by atoms with Gasteiger partial charge in [0, 0.05) is 13.0 Å². The molecule has 90 valence electrons. The van der Waals surface area contributed by atoms with E-state index in [9.17, 15) is 0 Å². The molecule has 0 bridgehead atoms. The Hall–Kier alpha value is -1.02. The minimum atomic E-state index is 0.0856. The number of ether oxygens (including phenoxy) is 1. The molecule has 1 aromatic carbocycles. The summed E-state index contributed by atoms with van der Waals surface area (Å²) in [6.07, 6.45) is 0.678. The minimum absolute atomic E-state index is 0.0856. The molecule has 0 aromatic heterocycles. The Morgan fingerprint density at radius 3 is 2.50 bits per heavy atom. The molecule has 16 heavy (non-hydrogen) atoms. The first-order valence-electron chi connectivity index (χ1n) is 5.80. The van der Waals surface area contributed by atoms with Gasteiger partial charge in [-0.1, -0.05) is 32.9 Å². The molecule has 0 unspecified atom stereocenters. The lowest BCUT2D eigenvalue weighted by molar-refractivity contribution is 0.231. The summed E-state index contributed by atoms with van der Waals surface area (Å²) in [6.45, 7) is 9.34. The van der Waals surface area contributed by atoms with Crippen LogP contribution in [0.15, 0.2) is 18.2 Å². The van der Waals surface area contributed by atoms with Crippen molar-refractivity contribution in [2.45, 2.75) is 39.5 Å². The number of aryl methyl sites for hydroxylation is 1. The molecule has 0 atom stereocenters. The number of hydrogen-bond acceptors (Lipinski definition) is 2. The molecule has 2 nitrogen and oxygen atoms in total. The van der Waals surface area contributed by atoms with E-state index in [1.807, 2.05) is 0 Å². The van der Waals surface area contributed by atoms with E-state index < -0.39 is 0 Å². The highest BCUT2D eigenvalue weighted by Gasteiger charge is 2.18. The Balaban J connectivity index is 2.90. The molecule has 0 spiro atoms. The molecular weight excluding hydrogens is 200 g/mol. The fraction of sp³-hybridized carbons (Fsp3) is 0.571. The van der Waals surface area contributed by atoms with Crippen molar-refractivity contribution < 1.29 is 9.84 Å². The van der Waals surface area contributed by atoms with E-state index in [2.05, 4.69) is 45.9 Å². The second-order valence-corrected chi connectivity index (χ2v) is 5.18. The molecule has 1 N–H and O–H groups in total. The average Bonchev–Trinajstić information content (AvgIpc) is 2.16. The van der Waals surface area contributed by atoms with Crippen LogP contribution in [0, 0.1) is 6.92 Å². The van der Waals surface area contributed by atoms with E-state index in [0.29, 0.717) is 13.0 Å². The van der Waals surface area contributed by atoms with Crippen LogP contribution >= 0.6 is 0 Å². The third-order valence-corrected chi connectivity index (χ3v) is 2.51. The first kappa shape index (κ1) is 13.0. The highest BCUT2D eigenvalue weighted by Crippen LogP contribution is 2.32. The van der Waals surface area contributed by atoms with Crippen LogP contribution in [-0.2, 0) is 5.41 Å². The predicted molar refractivity (Wildman–Crippen MR) is 67.1 cm³/mol. The SMILES string of the molecule is Cc1ccc(C(C)(C)C)c(OCCCO)c1. The fourth-order valence-electron chi connectivity index (χ4n) is 1.62. The summed E-state index contributed by atoms with van der Waals surface area (Å²) in [5.41, 5.74) is 2.51. The molecule has 2 heteroatoms. The van der Waals surface area contributed by atoms with Gasteiger partial charge in [0.25, 0.3) is 0 Å². The highest BCUT2D eigenvalue weighted by atomic mass is 16.5. The van der Waals surface area contributed by atoms with E-state index >= 15 is 0 Å². The molecule has 0 radical (unpaired) electrons. The summed E-state index contributed by atoms with van der Waals surface area (Å²) in [5.74, 6) is 0.945. The number of rotatable bonds is 4. The number of aliphatic hydroxyl groups is 1. The van der Waals surface area contributed by atoms with E-state index in [1.54, 1.807) is 0 Å². The maximum Gasteiger partial charge on any atom is 0.123 e. The molecule has 0 fully saturated rings. The summed E-state index contributed by atoms with van der Waals surface area (Å²) in [7, 11) is 0. The van der Waals surface area contributed by atoms with Crippen LogP contribution in [0.25, 0.3) is 0 Å². The van der Waals surface area contributed by atoms with E-state index in [1.165, 1.54) is 11.1 Å². The van der Waals surface area contributed by atoms with Gasteiger partial charge in [0.05, 0.1) is 6.61 Å². The monoisotopic (exact) mass is 222 g/mol. The highest BCUT2D eigenvalue weighted by molar-refractivity contribution is 5.41. The lowest BCUT2D eigenvalue weighted by Gasteiger charge is -2.23. The lowest BCUT2D eigenvalue weighted by atomic mass is 9.86. The van der Waals surface area contributed by atoms with Crippen LogP contribution in [0.5, 0.6) is 5.75 Å². The topological polar surface area (TPSA) is 29.5 Å². The summed E-state index contributed by atoms with van der Waals surface area (Å²) < 4.78 is 5.72. The van der Waals surface area contributed by atoms with E-state index in [0.717, 1.165) is 5.75 Å². The van der Waals surface area contributed by atoms with Crippen molar-refractivity contribution in [2.75, 3.05) is 13.2 Å². The predicted octanol–water partition coefficient (Wildman–Crippen LogP) is 3.05. The molecule has 0 aliphatic rings. The van der Waals surface area contributed by atoms with Crippen LogP contribution in [-0.4, -0.2) is 18.3 Å². The van der Waals surface area contributed by atoms with Crippen molar-refractivity contribution in [3.63, 3.8) is 0 Å². The van der Waals surface area contributed by atoms with Gasteiger partial charge in [-0.3, -0.25) is 0 Å². The maximum absolute atomic E-state index is 8.75. The molecule has 0 amide bonds. The standard InChI is InChI=1S/C14H22O2/c1-11-6-7-12(14(2,3)4)13(10-11)16-9-5-8-15/h6-7,10,15H,5,8-9H2,1-4H3. The van der Waals surface area contributed by atoms with Crippen LogP contribution in [0.3, 0.4) is 0 Å². The first-order chi connectivity index (χ1) is 7.45. The Kier molecular flexibility index (Phi) is 4.36. The van der Waals surface area contributed by atoms with Gasteiger partial charge in [-0.2, -0.15) is 0 Å². The molecule has 0 saturated heterocycles. The zero-order chi connectivity index (χ0) is 12.2. The van der Waals surface area contributed by atoms with Gasteiger partial charge in [0.2, 0.25) is 0 Å². The van der Waals surface area contributed by atoms with E-state index in [-0.39, 0.29) is 12.0 Å². The van der Waals surface area contributed by atoms with E-state index in [4.69, 9.17) is 9.84 Å². The van der Waals surface area contributed by atoms with Crippen molar-refractivity contribution in [1.82, 2.24) is 0 Å². The largest absolute Gasteiger partial charge is 0.493 e. The van der Waals surface area contributed by atoms with Gasteiger partial charge < -0.3 is 9.84 Å². The smallest absolute Gasteiger partial charge is 0.123 e. The number of aliphatic hydroxyl groups excluding tert-OH is 1. The second-order valence-electron chi connectivity index (χ2n) is 5.18. The molecule has 0 heterocycles. The Morgan fingerprint density at radius 1 is 1.25 bits per heavy atom. The molecule has 0 aliphatic carbocycles. The summed E-state index contributed by atoms with van der Waals surface area (Å²) in [4.78, 5) is 0. The molecular formula is C14H22O2. The Morgan fingerprint density at radius 2 is 1.94 bits per heavy atom. The van der Waals surface area contributed by atoms with Gasteiger partial charge in [0.15, 0.2) is 0 Å². The number of benzene rings is 1. The quantitative estimate of drug-likeness (QED) is 0.793. The lowest BCUT2D eigenvalue weighted by Crippen LogP contribution is -2.14. The van der Waals surface area contributed by atoms with Crippen molar-refractivity contribution in [2.24, 2.45) is 0 Å². The van der Waals surface area contributed by atoms with Crippen molar-refractivity contribution in [3.8, 4) is 5.75 Å². The van der Waals surface area contributed by atoms with Crippen molar-refractivity contribution in [1.29, 1.82) is 0 Å². The molecule has 1 aromatic rings. The molecule has 0 saturated carbocycles. The Labute approximate surface area is 98.3 Å². The van der Waals surface area contributed by atoms with Gasteiger partial charge in [-0.25, -0.2) is 0 Å². The van der Waals surface area contributed by atoms with Crippen molar-refractivity contribution >= 4 is 0 Å². The molecule has 1 rings (SSSR count). The summed E-state index contributed by atoms with van der Waals surface area (Å²) >= 11 is 0.